The second kappa shape index (κ2) is 6.37. The van der Waals surface area contributed by atoms with E-state index in [1.54, 1.807) is 0 Å². The molecule has 3 rings (SSSR count). The topological polar surface area (TPSA) is 24.5 Å². The lowest BCUT2D eigenvalue weighted by Gasteiger charge is -2.20. The average molecular weight is 288 g/mol. The molecule has 0 spiro atoms. The molecule has 21 heavy (non-hydrogen) atoms. The lowest BCUT2D eigenvalue weighted by atomic mass is 10.1. The summed E-state index contributed by atoms with van der Waals surface area (Å²) in [5.74, 6) is 1.89. The molecular formula is C18H28N2O. The van der Waals surface area contributed by atoms with Crippen molar-refractivity contribution in [3.63, 3.8) is 0 Å². The molecule has 0 saturated carbocycles. The van der Waals surface area contributed by atoms with E-state index in [2.05, 4.69) is 49.2 Å². The largest absolute Gasteiger partial charge is 0.488 e. The zero-order chi connectivity index (χ0) is 14.8. The Kier molecular flexibility index (Phi) is 4.51. The van der Waals surface area contributed by atoms with Crippen LogP contribution in [0.1, 0.15) is 31.4 Å². The van der Waals surface area contributed by atoms with Gasteiger partial charge in [-0.1, -0.05) is 17.7 Å². The predicted octanol–water partition coefficient (Wildman–Crippen LogP) is 2.62. The zero-order valence-electron chi connectivity index (χ0n) is 13.6. The second-order valence-electron chi connectivity index (χ2n) is 6.96. The Hall–Kier alpha value is -1.06. The first-order chi connectivity index (χ1) is 10.1. The first-order valence-corrected chi connectivity index (χ1v) is 8.33. The van der Waals surface area contributed by atoms with Gasteiger partial charge in [0.2, 0.25) is 0 Å². The maximum atomic E-state index is 6.01. The number of benzene rings is 1. The summed E-state index contributed by atoms with van der Waals surface area (Å²) in [5, 5.41) is 3.63. The Balaban J connectivity index is 1.40. The van der Waals surface area contributed by atoms with Crippen molar-refractivity contribution in [3.8, 4) is 5.75 Å². The first kappa shape index (κ1) is 14.9. The summed E-state index contributed by atoms with van der Waals surface area (Å²) in [5.41, 5.74) is 2.69. The summed E-state index contributed by atoms with van der Waals surface area (Å²) in [6, 6.07) is 7.19. The minimum absolute atomic E-state index is 0.310. The molecule has 1 saturated heterocycles. The van der Waals surface area contributed by atoms with Crippen molar-refractivity contribution >= 4 is 0 Å². The van der Waals surface area contributed by atoms with Crippen molar-refractivity contribution < 1.29 is 4.74 Å². The lowest BCUT2D eigenvalue weighted by Crippen LogP contribution is -2.35. The molecule has 116 valence electrons. The third-order valence-corrected chi connectivity index (χ3v) is 4.81. The lowest BCUT2D eigenvalue weighted by molar-refractivity contribution is 0.222. The van der Waals surface area contributed by atoms with Crippen molar-refractivity contribution in [2.75, 3.05) is 26.2 Å². The van der Waals surface area contributed by atoms with Gasteiger partial charge in [-0.05, 0) is 57.8 Å². The van der Waals surface area contributed by atoms with Crippen molar-refractivity contribution in [1.29, 1.82) is 0 Å². The standard InChI is InChI=1S/C18H28N2O/c1-13(2)20-7-6-15(12-20)10-19-11-17-9-16-8-14(3)4-5-18(16)21-17/h4-5,8,13,15,17,19H,6-7,9-12H2,1-3H3. The van der Waals surface area contributed by atoms with Gasteiger partial charge in [-0.15, -0.1) is 0 Å². The number of rotatable bonds is 5. The molecule has 0 aromatic heterocycles. The van der Waals surface area contributed by atoms with Crippen LogP contribution in [0, 0.1) is 12.8 Å². The number of aryl methyl sites for hydroxylation is 1. The molecule has 0 amide bonds. The molecule has 2 aliphatic rings. The van der Waals surface area contributed by atoms with Crippen LogP contribution >= 0.6 is 0 Å². The highest BCUT2D eigenvalue weighted by Crippen LogP contribution is 2.29. The van der Waals surface area contributed by atoms with Crippen molar-refractivity contribution in [2.24, 2.45) is 5.92 Å². The van der Waals surface area contributed by atoms with E-state index >= 15 is 0 Å². The van der Waals surface area contributed by atoms with Crippen LogP contribution in [-0.2, 0) is 6.42 Å². The Morgan fingerprint density at radius 2 is 2.19 bits per heavy atom. The van der Waals surface area contributed by atoms with E-state index in [0.717, 1.165) is 31.2 Å². The fourth-order valence-corrected chi connectivity index (χ4v) is 3.51. The molecule has 2 unspecified atom stereocenters. The first-order valence-electron chi connectivity index (χ1n) is 8.33. The summed E-state index contributed by atoms with van der Waals surface area (Å²) in [6.07, 6.45) is 2.69. The molecule has 2 heterocycles. The number of nitrogens with one attached hydrogen (secondary N) is 1. The fraction of sp³-hybridized carbons (Fsp3) is 0.667. The van der Waals surface area contributed by atoms with Gasteiger partial charge in [0.1, 0.15) is 11.9 Å². The maximum absolute atomic E-state index is 6.01. The second-order valence-corrected chi connectivity index (χ2v) is 6.96. The number of nitrogens with zero attached hydrogens (tertiary/aromatic N) is 1. The van der Waals surface area contributed by atoms with Crippen LogP contribution in [0.2, 0.25) is 0 Å². The summed E-state index contributed by atoms with van der Waals surface area (Å²) in [4.78, 5) is 2.58. The molecule has 0 bridgehead atoms. The smallest absolute Gasteiger partial charge is 0.123 e. The van der Waals surface area contributed by atoms with Gasteiger partial charge in [0.15, 0.2) is 0 Å². The summed E-state index contributed by atoms with van der Waals surface area (Å²) < 4.78 is 6.01. The van der Waals surface area contributed by atoms with E-state index in [1.807, 2.05) is 0 Å². The molecule has 0 radical (unpaired) electrons. The molecule has 3 nitrogen and oxygen atoms in total. The van der Waals surface area contributed by atoms with Crippen LogP contribution in [0.3, 0.4) is 0 Å². The monoisotopic (exact) mass is 288 g/mol. The number of fused-ring (bicyclic) bond motifs is 1. The zero-order valence-corrected chi connectivity index (χ0v) is 13.6. The van der Waals surface area contributed by atoms with Gasteiger partial charge in [-0.2, -0.15) is 0 Å². The molecule has 2 atom stereocenters. The quantitative estimate of drug-likeness (QED) is 0.901. The van der Waals surface area contributed by atoms with E-state index in [0.29, 0.717) is 12.1 Å². The number of hydrogen-bond acceptors (Lipinski definition) is 3. The van der Waals surface area contributed by atoms with Crippen LogP contribution in [0.4, 0.5) is 0 Å². The maximum Gasteiger partial charge on any atom is 0.123 e. The van der Waals surface area contributed by atoms with Gasteiger partial charge in [0.25, 0.3) is 0 Å². The molecule has 3 heteroatoms. The van der Waals surface area contributed by atoms with Gasteiger partial charge < -0.3 is 15.0 Å². The van der Waals surface area contributed by atoms with Gasteiger partial charge in [0.05, 0.1) is 0 Å². The van der Waals surface area contributed by atoms with Crippen LogP contribution in [0.25, 0.3) is 0 Å². The number of ether oxygens (including phenoxy) is 1. The van der Waals surface area contributed by atoms with Crippen molar-refractivity contribution in [2.45, 2.75) is 45.8 Å². The Bertz CT molecular complexity index is 486. The highest BCUT2D eigenvalue weighted by atomic mass is 16.5. The van der Waals surface area contributed by atoms with E-state index < -0.39 is 0 Å². The van der Waals surface area contributed by atoms with Crippen LogP contribution in [0.15, 0.2) is 18.2 Å². The molecule has 1 aromatic rings. The van der Waals surface area contributed by atoms with E-state index in [4.69, 9.17) is 4.74 Å². The highest BCUT2D eigenvalue weighted by molar-refractivity contribution is 5.40. The molecule has 1 fully saturated rings. The van der Waals surface area contributed by atoms with E-state index in [9.17, 15) is 0 Å². The molecule has 2 aliphatic heterocycles. The molecule has 1 N–H and O–H groups in total. The summed E-state index contributed by atoms with van der Waals surface area (Å²) >= 11 is 0. The van der Waals surface area contributed by atoms with Crippen molar-refractivity contribution in [1.82, 2.24) is 10.2 Å². The van der Waals surface area contributed by atoms with Gasteiger partial charge in [-0.3, -0.25) is 0 Å². The fourth-order valence-electron chi connectivity index (χ4n) is 3.51. The van der Waals surface area contributed by atoms with Gasteiger partial charge >= 0.3 is 0 Å². The van der Waals surface area contributed by atoms with Crippen molar-refractivity contribution in [3.05, 3.63) is 29.3 Å². The van der Waals surface area contributed by atoms with Crippen LogP contribution in [0.5, 0.6) is 5.75 Å². The average Bonchev–Trinajstić information content (AvgIpc) is 3.04. The Morgan fingerprint density at radius 1 is 1.33 bits per heavy atom. The molecule has 0 aliphatic carbocycles. The Labute approximate surface area is 128 Å². The highest BCUT2D eigenvalue weighted by Gasteiger charge is 2.25. The third kappa shape index (κ3) is 3.58. The summed E-state index contributed by atoms with van der Waals surface area (Å²) in [6.45, 7) is 11.3. The van der Waals surface area contributed by atoms with E-state index in [-0.39, 0.29) is 0 Å². The number of hydrogen-bond donors (Lipinski definition) is 1. The normalized spacial score (nSPS) is 25.3. The third-order valence-electron chi connectivity index (χ3n) is 4.81. The summed E-state index contributed by atoms with van der Waals surface area (Å²) in [7, 11) is 0. The van der Waals surface area contributed by atoms with Gasteiger partial charge in [-0.25, -0.2) is 0 Å². The Morgan fingerprint density at radius 3 is 2.95 bits per heavy atom. The minimum atomic E-state index is 0.310. The predicted molar refractivity (Wildman–Crippen MR) is 87.0 cm³/mol. The molecule has 1 aromatic carbocycles. The van der Waals surface area contributed by atoms with E-state index in [1.165, 1.54) is 30.6 Å². The SMILES string of the molecule is Cc1ccc2c(c1)CC(CNCC1CCN(C(C)C)C1)O2. The molecular weight excluding hydrogens is 260 g/mol. The van der Waals surface area contributed by atoms with Gasteiger partial charge in [0, 0.05) is 25.6 Å². The van der Waals surface area contributed by atoms with Crippen LogP contribution in [-0.4, -0.2) is 43.2 Å². The number of likely N-dealkylation sites (tertiary alicyclic amines) is 1. The van der Waals surface area contributed by atoms with Crippen LogP contribution < -0.4 is 10.1 Å². The minimum Gasteiger partial charge on any atom is -0.488 e.